The summed E-state index contributed by atoms with van der Waals surface area (Å²) in [6.45, 7) is 2.83. The third kappa shape index (κ3) is 3.69. The summed E-state index contributed by atoms with van der Waals surface area (Å²) in [5.74, 6) is 0.828. The molecule has 0 saturated heterocycles. The van der Waals surface area contributed by atoms with Gasteiger partial charge in [-0.05, 0) is 31.2 Å². The average Bonchev–Trinajstić information content (AvgIpc) is 2.40. The van der Waals surface area contributed by atoms with Crippen molar-refractivity contribution in [3.63, 3.8) is 0 Å². The van der Waals surface area contributed by atoms with Crippen molar-refractivity contribution < 1.29 is 4.92 Å². The van der Waals surface area contributed by atoms with Crippen LogP contribution in [0.5, 0.6) is 0 Å². The Hall–Kier alpha value is -2.08. The number of hydrogen-bond donors (Lipinski definition) is 1. The van der Waals surface area contributed by atoms with Crippen LogP contribution in [0.25, 0.3) is 0 Å². The second kappa shape index (κ2) is 6.19. The zero-order valence-electron chi connectivity index (χ0n) is 10.4. The van der Waals surface area contributed by atoms with Crippen LogP contribution in [0.15, 0.2) is 52.4 Å². The number of benzene rings is 1. The smallest absolute Gasteiger partial charge is 0.269 e. The van der Waals surface area contributed by atoms with E-state index in [0.29, 0.717) is 0 Å². The van der Waals surface area contributed by atoms with Crippen molar-refractivity contribution in [3.05, 3.63) is 52.7 Å². The van der Waals surface area contributed by atoms with Gasteiger partial charge in [-0.2, -0.15) is 0 Å². The summed E-state index contributed by atoms with van der Waals surface area (Å²) in [7, 11) is 0. The molecule has 0 atom stereocenters. The molecule has 2 rings (SSSR count). The van der Waals surface area contributed by atoms with E-state index in [1.807, 2.05) is 19.1 Å². The summed E-state index contributed by atoms with van der Waals surface area (Å²) in [6, 6.07) is 10.4. The van der Waals surface area contributed by atoms with E-state index >= 15 is 0 Å². The minimum absolute atomic E-state index is 0.104. The highest BCUT2D eigenvalue weighted by molar-refractivity contribution is 7.99. The fourth-order valence-corrected chi connectivity index (χ4v) is 2.37. The van der Waals surface area contributed by atoms with Crippen molar-refractivity contribution in [2.24, 2.45) is 0 Å². The lowest BCUT2D eigenvalue weighted by molar-refractivity contribution is -0.384. The Morgan fingerprint density at radius 3 is 2.63 bits per heavy atom. The van der Waals surface area contributed by atoms with Gasteiger partial charge in [-0.15, -0.1) is 0 Å². The Balaban J connectivity index is 2.12. The minimum atomic E-state index is -0.399. The van der Waals surface area contributed by atoms with Gasteiger partial charge in [-0.25, -0.2) is 4.98 Å². The van der Waals surface area contributed by atoms with Gasteiger partial charge in [0.2, 0.25) is 0 Å². The van der Waals surface area contributed by atoms with Crippen LogP contribution in [-0.2, 0) is 0 Å². The maximum absolute atomic E-state index is 10.6. The van der Waals surface area contributed by atoms with Crippen LogP contribution >= 0.6 is 11.8 Å². The van der Waals surface area contributed by atoms with Crippen molar-refractivity contribution >= 4 is 23.3 Å². The van der Waals surface area contributed by atoms with E-state index in [1.54, 1.807) is 30.1 Å². The molecule has 0 aliphatic carbocycles. The molecule has 5 nitrogen and oxygen atoms in total. The molecule has 1 aromatic heterocycles. The molecular formula is C13H13N3O2S. The maximum atomic E-state index is 10.6. The zero-order chi connectivity index (χ0) is 13.7. The van der Waals surface area contributed by atoms with Gasteiger partial charge in [0.25, 0.3) is 5.69 Å². The Labute approximate surface area is 115 Å². The van der Waals surface area contributed by atoms with Gasteiger partial charge in [0.1, 0.15) is 5.82 Å². The third-order valence-electron chi connectivity index (χ3n) is 2.37. The number of rotatable bonds is 5. The molecule has 0 aliphatic heterocycles. The first-order valence-corrected chi connectivity index (χ1v) is 6.63. The van der Waals surface area contributed by atoms with Gasteiger partial charge in [0.05, 0.1) is 4.92 Å². The highest BCUT2D eigenvalue weighted by Gasteiger charge is 2.05. The highest BCUT2D eigenvalue weighted by atomic mass is 32.2. The predicted octanol–water partition coefficient (Wildman–Crippen LogP) is 3.57. The number of nitrogens with one attached hydrogen (secondary N) is 1. The molecule has 98 valence electrons. The molecule has 1 aromatic carbocycles. The highest BCUT2D eigenvalue weighted by Crippen LogP contribution is 2.29. The second-order valence-electron chi connectivity index (χ2n) is 3.76. The lowest BCUT2D eigenvalue weighted by atomic mass is 10.3. The quantitative estimate of drug-likeness (QED) is 0.667. The van der Waals surface area contributed by atoms with Gasteiger partial charge in [-0.1, -0.05) is 11.8 Å². The average molecular weight is 275 g/mol. The van der Waals surface area contributed by atoms with E-state index in [-0.39, 0.29) is 5.69 Å². The van der Waals surface area contributed by atoms with Gasteiger partial charge in [0.15, 0.2) is 0 Å². The summed E-state index contributed by atoms with van der Waals surface area (Å²) in [6.07, 6.45) is 1.74. The minimum Gasteiger partial charge on any atom is -0.370 e. The van der Waals surface area contributed by atoms with E-state index in [1.165, 1.54) is 12.1 Å². The molecule has 0 unspecified atom stereocenters. The van der Waals surface area contributed by atoms with Crippen molar-refractivity contribution in [1.29, 1.82) is 0 Å². The van der Waals surface area contributed by atoms with Gasteiger partial charge in [-0.3, -0.25) is 10.1 Å². The molecule has 0 spiro atoms. The topological polar surface area (TPSA) is 68.1 Å². The Morgan fingerprint density at radius 1 is 1.26 bits per heavy atom. The molecule has 2 aromatic rings. The van der Waals surface area contributed by atoms with E-state index in [9.17, 15) is 10.1 Å². The number of pyridine rings is 1. The molecule has 0 aliphatic rings. The molecule has 0 bridgehead atoms. The van der Waals surface area contributed by atoms with E-state index in [0.717, 1.165) is 22.2 Å². The van der Waals surface area contributed by atoms with Crippen LogP contribution in [0.4, 0.5) is 11.5 Å². The number of nitro benzene ring substituents is 1. The van der Waals surface area contributed by atoms with E-state index in [2.05, 4.69) is 10.3 Å². The molecule has 0 amide bonds. The lowest BCUT2D eigenvalue weighted by Crippen LogP contribution is -1.98. The first-order chi connectivity index (χ1) is 9.19. The normalized spacial score (nSPS) is 10.2. The summed E-state index contributed by atoms with van der Waals surface area (Å²) in [4.78, 5) is 16.4. The zero-order valence-corrected chi connectivity index (χ0v) is 11.2. The van der Waals surface area contributed by atoms with Crippen LogP contribution < -0.4 is 5.32 Å². The first-order valence-electron chi connectivity index (χ1n) is 5.81. The molecular weight excluding hydrogens is 262 g/mol. The van der Waals surface area contributed by atoms with Crippen molar-refractivity contribution in [1.82, 2.24) is 4.98 Å². The molecule has 1 heterocycles. The first kappa shape index (κ1) is 13.4. The molecule has 19 heavy (non-hydrogen) atoms. The van der Waals surface area contributed by atoms with Crippen molar-refractivity contribution in [3.8, 4) is 0 Å². The Morgan fingerprint density at radius 2 is 2.00 bits per heavy atom. The number of hydrogen-bond acceptors (Lipinski definition) is 5. The Bertz CT molecular complexity index is 572. The summed E-state index contributed by atoms with van der Waals surface area (Å²) < 4.78 is 0. The molecule has 0 radical (unpaired) electrons. The van der Waals surface area contributed by atoms with Crippen LogP contribution in [0, 0.1) is 10.1 Å². The van der Waals surface area contributed by atoms with Crippen LogP contribution in [0.1, 0.15) is 6.92 Å². The number of anilines is 1. The van der Waals surface area contributed by atoms with Crippen LogP contribution in [0.3, 0.4) is 0 Å². The molecule has 0 fully saturated rings. The monoisotopic (exact) mass is 275 g/mol. The third-order valence-corrected chi connectivity index (χ3v) is 3.37. The number of nitrogens with zero attached hydrogens (tertiary/aromatic N) is 2. The fraction of sp³-hybridized carbons (Fsp3) is 0.154. The lowest BCUT2D eigenvalue weighted by Gasteiger charge is -2.05. The van der Waals surface area contributed by atoms with Crippen LogP contribution in [0.2, 0.25) is 0 Å². The van der Waals surface area contributed by atoms with Gasteiger partial charge in [0, 0.05) is 34.7 Å². The molecule has 1 N–H and O–H groups in total. The second-order valence-corrected chi connectivity index (χ2v) is 4.91. The number of aromatic nitrogens is 1. The largest absolute Gasteiger partial charge is 0.370 e. The standard InChI is InChI=1S/C13H13N3O2S/c1-2-14-13-9-12(7-8-15-13)19-11-5-3-10(4-6-11)16(17)18/h3-9H,2H2,1H3,(H,14,15). The summed E-state index contributed by atoms with van der Waals surface area (Å²) in [5.41, 5.74) is 0.104. The van der Waals surface area contributed by atoms with E-state index in [4.69, 9.17) is 0 Å². The SMILES string of the molecule is CCNc1cc(Sc2ccc([N+](=O)[O-])cc2)ccn1. The van der Waals surface area contributed by atoms with Crippen molar-refractivity contribution in [2.75, 3.05) is 11.9 Å². The maximum Gasteiger partial charge on any atom is 0.269 e. The fourth-order valence-electron chi connectivity index (χ4n) is 1.52. The van der Waals surface area contributed by atoms with Crippen molar-refractivity contribution in [2.45, 2.75) is 16.7 Å². The number of nitro groups is 1. The number of non-ortho nitro benzene ring substituents is 1. The summed E-state index contributed by atoms with van der Waals surface area (Å²) in [5, 5.41) is 13.7. The molecule has 6 heteroatoms. The van der Waals surface area contributed by atoms with Gasteiger partial charge < -0.3 is 5.32 Å². The van der Waals surface area contributed by atoms with E-state index < -0.39 is 4.92 Å². The summed E-state index contributed by atoms with van der Waals surface area (Å²) >= 11 is 1.55. The predicted molar refractivity (Wildman–Crippen MR) is 75.6 cm³/mol. The van der Waals surface area contributed by atoms with Gasteiger partial charge >= 0.3 is 0 Å². The molecule has 0 saturated carbocycles. The Kier molecular flexibility index (Phi) is 4.35. The van der Waals surface area contributed by atoms with Crippen LogP contribution in [-0.4, -0.2) is 16.5 Å².